The van der Waals surface area contributed by atoms with Crippen LogP contribution in [0.25, 0.3) is 0 Å². The third-order valence-electron chi connectivity index (χ3n) is 4.82. The molecule has 34 heavy (non-hydrogen) atoms. The maximum atomic E-state index is 13.3. The molecule has 2 aromatic rings. The summed E-state index contributed by atoms with van der Waals surface area (Å²) in [5.41, 5.74) is 0.572. The number of halogens is 3. The van der Waals surface area contributed by atoms with Crippen LogP contribution in [-0.4, -0.2) is 42.7 Å². The summed E-state index contributed by atoms with van der Waals surface area (Å²) in [4.78, 5) is 24.1. The van der Waals surface area contributed by atoms with Gasteiger partial charge in [-0.25, -0.2) is 4.39 Å². The molecule has 0 saturated carbocycles. The van der Waals surface area contributed by atoms with Crippen molar-refractivity contribution in [3.05, 3.63) is 71.0 Å². The van der Waals surface area contributed by atoms with Crippen LogP contribution in [0.5, 0.6) is 11.5 Å². The number of amides is 2. The number of aliphatic hydroxyl groups is 1. The highest BCUT2D eigenvalue weighted by Gasteiger charge is 2.31. The van der Waals surface area contributed by atoms with Crippen molar-refractivity contribution in [1.82, 2.24) is 10.6 Å². The van der Waals surface area contributed by atoms with E-state index in [1.165, 1.54) is 12.1 Å². The van der Waals surface area contributed by atoms with Gasteiger partial charge in [0.2, 0.25) is 0 Å². The summed E-state index contributed by atoms with van der Waals surface area (Å²) in [6.45, 7) is 6.56. The summed E-state index contributed by atoms with van der Waals surface area (Å²) >= 11 is 11.5. The van der Waals surface area contributed by atoms with Gasteiger partial charge < -0.3 is 25.2 Å². The minimum absolute atomic E-state index is 0.0187. The van der Waals surface area contributed by atoms with E-state index in [9.17, 15) is 19.1 Å². The summed E-state index contributed by atoms with van der Waals surface area (Å²) in [5, 5.41) is 16.2. The quantitative estimate of drug-likeness (QED) is 0.345. The standard InChI is InChI=1S/C22H23Cl2FN2O5.C2H4/c23-13-3-6-19-15(9-13)18(28)11-20(32-19)22(30)27-8-2-1-7-26-21(29)12-31-14-4-5-16(24)17(25)10-14;1-2/h3-6,9-10,18,20,28H,1-2,7-8,11-12H2,(H,26,29)(H,27,30);1-2H2. The van der Waals surface area contributed by atoms with Crippen LogP contribution >= 0.6 is 23.2 Å². The number of unbranched alkanes of at least 4 members (excludes halogenated alkanes) is 1. The molecule has 1 heterocycles. The summed E-state index contributed by atoms with van der Waals surface area (Å²) in [7, 11) is 0. The van der Waals surface area contributed by atoms with Gasteiger partial charge in [0.05, 0.1) is 11.1 Å². The second kappa shape index (κ2) is 13.8. The summed E-state index contributed by atoms with van der Waals surface area (Å²) in [6.07, 6.45) is -0.191. The molecule has 184 valence electrons. The van der Waals surface area contributed by atoms with Crippen molar-refractivity contribution in [1.29, 1.82) is 0 Å². The summed E-state index contributed by atoms with van der Waals surface area (Å²) in [6, 6.07) is 8.84. The monoisotopic (exact) mass is 512 g/mol. The van der Waals surface area contributed by atoms with Crippen molar-refractivity contribution in [3.8, 4) is 11.5 Å². The van der Waals surface area contributed by atoms with Crippen molar-refractivity contribution in [2.24, 2.45) is 0 Å². The molecule has 10 heteroatoms. The normalized spacial score (nSPS) is 16.2. The number of nitrogens with one attached hydrogen (secondary N) is 2. The van der Waals surface area contributed by atoms with Crippen LogP contribution < -0.4 is 20.1 Å². The zero-order valence-corrected chi connectivity index (χ0v) is 20.0. The third-order valence-corrected chi connectivity index (χ3v) is 5.36. The first-order chi connectivity index (χ1) is 16.3. The van der Waals surface area contributed by atoms with Crippen LogP contribution in [0.1, 0.15) is 30.9 Å². The van der Waals surface area contributed by atoms with Gasteiger partial charge in [-0.1, -0.05) is 23.2 Å². The molecule has 2 aromatic carbocycles. The van der Waals surface area contributed by atoms with Gasteiger partial charge in [0, 0.05) is 36.2 Å². The highest BCUT2D eigenvalue weighted by molar-refractivity contribution is 6.31. The van der Waals surface area contributed by atoms with E-state index < -0.39 is 18.0 Å². The Bertz CT molecular complexity index is 992. The number of fused-ring (bicyclic) bond motifs is 1. The molecular formula is C24H27Cl2FN2O5. The Labute approximate surface area is 207 Å². The lowest BCUT2D eigenvalue weighted by Gasteiger charge is -2.28. The van der Waals surface area contributed by atoms with E-state index in [0.29, 0.717) is 42.3 Å². The first-order valence-corrected chi connectivity index (χ1v) is 11.4. The molecule has 0 bridgehead atoms. The van der Waals surface area contributed by atoms with Crippen LogP contribution in [0.2, 0.25) is 10.0 Å². The topological polar surface area (TPSA) is 96.9 Å². The van der Waals surface area contributed by atoms with E-state index >= 15 is 0 Å². The van der Waals surface area contributed by atoms with Crippen molar-refractivity contribution in [2.45, 2.75) is 31.5 Å². The minimum atomic E-state index is -0.824. The van der Waals surface area contributed by atoms with Crippen LogP contribution in [-0.2, 0) is 9.59 Å². The zero-order chi connectivity index (χ0) is 25.1. The smallest absolute Gasteiger partial charge is 0.261 e. The molecule has 0 fully saturated rings. The number of aliphatic hydroxyl groups excluding tert-OH is 1. The highest BCUT2D eigenvalue weighted by Crippen LogP contribution is 2.36. The first kappa shape index (κ1) is 27.4. The lowest BCUT2D eigenvalue weighted by molar-refractivity contribution is -0.130. The SMILES string of the molecule is C=C.O=C(COc1ccc(Cl)c(F)c1)NCCCCNC(=O)C1CC(O)c2cc(Cl)ccc2O1. The fraction of sp³-hybridized carbons (Fsp3) is 0.333. The molecule has 2 atom stereocenters. The molecule has 1 aliphatic heterocycles. The number of carbonyl (C=O) groups is 2. The molecule has 0 spiro atoms. The number of hydrogen-bond donors (Lipinski definition) is 3. The number of hydrogen-bond acceptors (Lipinski definition) is 5. The zero-order valence-electron chi connectivity index (χ0n) is 18.5. The van der Waals surface area contributed by atoms with Gasteiger partial charge in [-0.05, 0) is 43.2 Å². The van der Waals surface area contributed by atoms with Gasteiger partial charge in [0.1, 0.15) is 17.3 Å². The fourth-order valence-electron chi connectivity index (χ4n) is 3.15. The maximum absolute atomic E-state index is 13.3. The van der Waals surface area contributed by atoms with Gasteiger partial charge in [-0.3, -0.25) is 9.59 Å². The van der Waals surface area contributed by atoms with Crippen LogP contribution in [0.4, 0.5) is 4.39 Å². The second-order valence-corrected chi connectivity index (χ2v) is 8.10. The minimum Gasteiger partial charge on any atom is -0.484 e. The molecule has 3 N–H and O–H groups in total. The number of ether oxygens (including phenoxy) is 2. The van der Waals surface area contributed by atoms with E-state index in [0.717, 1.165) is 6.07 Å². The molecule has 2 amide bonds. The lowest BCUT2D eigenvalue weighted by Crippen LogP contribution is -2.41. The number of rotatable bonds is 9. The third kappa shape index (κ3) is 8.20. The summed E-state index contributed by atoms with van der Waals surface area (Å²) < 4.78 is 24.2. The molecule has 0 saturated heterocycles. The van der Waals surface area contributed by atoms with Crippen LogP contribution in [0.15, 0.2) is 49.6 Å². The van der Waals surface area contributed by atoms with E-state index in [1.807, 2.05) is 0 Å². The average molecular weight is 513 g/mol. The molecule has 0 radical (unpaired) electrons. The Balaban J connectivity index is 0.00000199. The van der Waals surface area contributed by atoms with Gasteiger partial charge in [0.25, 0.3) is 11.8 Å². The van der Waals surface area contributed by atoms with E-state index in [4.69, 9.17) is 32.7 Å². The van der Waals surface area contributed by atoms with Crippen molar-refractivity contribution < 1.29 is 28.6 Å². The van der Waals surface area contributed by atoms with Crippen molar-refractivity contribution in [2.75, 3.05) is 19.7 Å². The largest absolute Gasteiger partial charge is 0.484 e. The molecule has 1 aliphatic rings. The lowest BCUT2D eigenvalue weighted by atomic mass is 9.98. The van der Waals surface area contributed by atoms with E-state index in [2.05, 4.69) is 23.8 Å². The Hall–Kier alpha value is -2.81. The Kier molecular flexibility index (Phi) is 11.1. The molecule has 7 nitrogen and oxygen atoms in total. The van der Waals surface area contributed by atoms with Crippen molar-refractivity contribution >= 4 is 35.0 Å². The fourth-order valence-corrected chi connectivity index (χ4v) is 3.45. The molecule has 0 aliphatic carbocycles. The molecular weight excluding hydrogens is 486 g/mol. The molecule has 3 rings (SSSR count). The summed E-state index contributed by atoms with van der Waals surface area (Å²) in [5.74, 6) is -0.608. The van der Waals surface area contributed by atoms with Gasteiger partial charge in [0.15, 0.2) is 12.7 Å². The second-order valence-electron chi connectivity index (χ2n) is 7.25. The Morgan fingerprint density at radius 1 is 1.12 bits per heavy atom. The molecule has 2 unspecified atom stereocenters. The van der Waals surface area contributed by atoms with Gasteiger partial charge in [-0.15, -0.1) is 13.2 Å². The van der Waals surface area contributed by atoms with Crippen LogP contribution in [0, 0.1) is 5.82 Å². The van der Waals surface area contributed by atoms with Crippen molar-refractivity contribution in [3.63, 3.8) is 0 Å². The Morgan fingerprint density at radius 3 is 2.53 bits per heavy atom. The predicted octanol–water partition coefficient (Wildman–Crippen LogP) is 4.21. The van der Waals surface area contributed by atoms with Crippen LogP contribution in [0.3, 0.4) is 0 Å². The number of carbonyl (C=O) groups excluding carboxylic acids is 2. The van der Waals surface area contributed by atoms with E-state index in [1.54, 1.807) is 18.2 Å². The number of benzene rings is 2. The molecule has 0 aromatic heterocycles. The van der Waals surface area contributed by atoms with Gasteiger partial charge >= 0.3 is 0 Å². The predicted molar refractivity (Wildman–Crippen MR) is 129 cm³/mol. The Morgan fingerprint density at radius 2 is 1.82 bits per heavy atom. The van der Waals surface area contributed by atoms with Gasteiger partial charge in [-0.2, -0.15) is 0 Å². The van der Waals surface area contributed by atoms with E-state index in [-0.39, 0.29) is 35.6 Å². The highest BCUT2D eigenvalue weighted by atomic mass is 35.5. The maximum Gasteiger partial charge on any atom is 0.261 e. The average Bonchev–Trinajstić information content (AvgIpc) is 2.83. The first-order valence-electron chi connectivity index (χ1n) is 10.6.